The maximum atomic E-state index is 3.97. The van der Waals surface area contributed by atoms with E-state index in [1.54, 1.807) is 0 Å². The molecule has 0 aromatic heterocycles. The lowest BCUT2D eigenvalue weighted by Crippen LogP contribution is -2.22. The van der Waals surface area contributed by atoms with Crippen molar-refractivity contribution in [2.45, 2.75) is 19.9 Å². The highest BCUT2D eigenvalue weighted by molar-refractivity contribution is 5.63. The SMILES string of the molecule is C=C(C)/C=C\C1NN=CC1C. The molecule has 0 radical (unpaired) electrons. The van der Waals surface area contributed by atoms with Crippen LogP contribution in [0.25, 0.3) is 0 Å². The van der Waals surface area contributed by atoms with E-state index in [0.29, 0.717) is 12.0 Å². The largest absolute Gasteiger partial charge is 0.303 e. The summed E-state index contributed by atoms with van der Waals surface area (Å²) in [6.45, 7) is 7.90. The van der Waals surface area contributed by atoms with Crippen LogP contribution in [0.15, 0.2) is 29.4 Å². The molecule has 0 aliphatic carbocycles. The van der Waals surface area contributed by atoms with Crippen molar-refractivity contribution in [2.75, 3.05) is 0 Å². The number of allylic oxidation sites excluding steroid dienone is 2. The van der Waals surface area contributed by atoms with Gasteiger partial charge in [0.1, 0.15) is 0 Å². The fraction of sp³-hybridized carbons (Fsp3) is 0.444. The molecule has 0 aromatic rings. The van der Waals surface area contributed by atoms with Gasteiger partial charge in [0, 0.05) is 12.1 Å². The number of hydrogen-bond acceptors (Lipinski definition) is 2. The highest BCUT2D eigenvalue weighted by atomic mass is 15.3. The van der Waals surface area contributed by atoms with Crippen LogP contribution in [0.4, 0.5) is 0 Å². The second-order valence-corrected chi connectivity index (χ2v) is 3.00. The molecule has 1 aliphatic rings. The fourth-order valence-electron chi connectivity index (χ4n) is 0.943. The molecule has 0 saturated heterocycles. The van der Waals surface area contributed by atoms with E-state index in [1.165, 1.54) is 0 Å². The van der Waals surface area contributed by atoms with Crippen LogP contribution in [0.1, 0.15) is 13.8 Å². The summed E-state index contributed by atoms with van der Waals surface area (Å²) in [4.78, 5) is 0. The van der Waals surface area contributed by atoms with Crippen molar-refractivity contribution in [3.63, 3.8) is 0 Å². The third kappa shape index (κ3) is 2.22. The van der Waals surface area contributed by atoms with Gasteiger partial charge in [-0.15, -0.1) is 0 Å². The second kappa shape index (κ2) is 3.37. The molecule has 0 saturated carbocycles. The van der Waals surface area contributed by atoms with Crippen molar-refractivity contribution in [2.24, 2.45) is 11.0 Å². The molecule has 1 aliphatic heterocycles. The summed E-state index contributed by atoms with van der Waals surface area (Å²) in [6.07, 6.45) is 6.04. The normalized spacial score (nSPS) is 29.3. The molecule has 1 N–H and O–H groups in total. The quantitative estimate of drug-likeness (QED) is 0.595. The topological polar surface area (TPSA) is 24.4 Å². The molecule has 2 nitrogen and oxygen atoms in total. The summed E-state index contributed by atoms with van der Waals surface area (Å²) in [7, 11) is 0. The summed E-state index contributed by atoms with van der Waals surface area (Å²) in [6, 6.07) is 0.353. The summed E-state index contributed by atoms with van der Waals surface area (Å²) in [5, 5.41) is 3.97. The number of rotatable bonds is 2. The van der Waals surface area contributed by atoms with Gasteiger partial charge in [-0.1, -0.05) is 31.2 Å². The zero-order valence-corrected chi connectivity index (χ0v) is 7.04. The standard InChI is InChI=1S/C9H14N2/c1-7(2)4-5-9-8(3)6-10-11-9/h4-6,8-9,11H,1H2,2-3H3/b5-4-. The molecule has 2 atom stereocenters. The molecule has 0 bridgehead atoms. The van der Waals surface area contributed by atoms with Crippen LogP contribution in [0.5, 0.6) is 0 Å². The molecule has 0 fully saturated rings. The van der Waals surface area contributed by atoms with Gasteiger partial charge in [-0.25, -0.2) is 0 Å². The average molecular weight is 150 g/mol. The smallest absolute Gasteiger partial charge is 0.0698 e. The van der Waals surface area contributed by atoms with Crippen LogP contribution in [0, 0.1) is 5.92 Å². The summed E-state index contributed by atoms with van der Waals surface area (Å²) < 4.78 is 0. The van der Waals surface area contributed by atoms with E-state index < -0.39 is 0 Å². The van der Waals surface area contributed by atoms with E-state index in [0.717, 1.165) is 5.57 Å². The Morgan fingerprint density at radius 1 is 1.73 bits per heavy atom. The van der Waals surface area contributed by atoms with E-state index in [-0.39, 0.29) is 0 Å². The zero-order chi connectivity index (χ0) is 8.27. The van der Waals surface area contributed by atoms with Crippen LogP contribution in [-0.4, -0.2) is 12.3 Å². The van der Waals surface area contributed by atoms with Crippen LogP contribution < -0.4 is 5.43 Å². The number of hydrazone groups is 1. The third-order valence-electron chi connectivity index (χ3n) is 1.69. The van der Waals surface area contributed by atoms with E-state index in [4.69, 9.17) is 0 Å². The van der Waals surface area contributed by atoms with Crippen LogP contribution in [0.3, 0.4) is 0 Å². The zero-order valence-electron chi connectivity index (χ0n) is 7.04. The third-order valence-corrected chi connectivity index (χ3v) is 1.69. The predicted molar refractivity (Wildman–Crippen MR) is 48.5 cm³/mol. The molecule has 0 spiro atoms. The van der Waals surface area contributed by atoms with E-state index >= 15 is 0 Å². The first-order valence-corrected chi connectivity index (χ1v) is 3.82. The maximum absolute atomic E-state index is 3.97. The van der Waals surface area contributed by atoms with Crippen molar-refractivity contribution < 1.29 is 0 Å². The lowest BCUT2D eigenvalue weighted by Gasteiger charge is -2.08. The first kappa shape index (κ1) is 8.05. The molecule has 11 heavy (non-hydrogen) atoms. The minimum absolute atomic E-state index is 0.353. The Balaban J connectivity index is 2.45. The lowest BCUT2D eigenvalue weighted by atomic mass is 10.0. The maximum Gasteiger partial charge on any atom is 0.0698 e. The van der Waals surface area contributed by atoms with Gasteiger partial charge >= 0.3 is 0 Å². The highest BCUT2D eigenvalue weighted by Gasteiger charge is 2.15. The van der Waals surface area contributed by atoms with Gasteiger partial charge in [0.2, 0.25) is 0 Å². The monoisotopic (exact) mass is 150 g/mol. The van der Waals surface area contributed by atoms with Crippen LogP contribution in [-0.2, 0) is 0 Å². The molecular weight excluding hydrogens is 136 g/mol. The molecule has 2 heteroatoms. The van der Waals surface area contributed by atoms with Crippen molar-refractivity contribution >= 4 is 6.21 Å². The van der Waals surface area contributed by atoms with Crippen molar-refractivity contribution in [1.82, 2.24) is 5.43 Å². The molecule has 0 aromatic carbocycles. The molecule has 2 unspecified atom stereocenters. The highest BCUT2D eigenvalue weighted by Crippen LogP contribution is 2.07. The minimum Gasteiger partial charge on any atom is -0.303 e. The summed E-state index contributed by atoms with van der Waals surface area (Å²) in [5.74, 6) is 0.491. The van der Waals surface area contributed by atoms with E-state index in [1.807, 2.05) is 19.2 Å². The van der Waals surface area contributed by atoms with Gasteiger partial charge in [0.25, 0.3) is 0 Å². The Morgan fingerprint density at radius 2 is 2.45 bits per heavy atom. The van der Waals surface area contributed by atoms with Gasteiger partial charge in [-0.3, -0.25) is 0 Å². The Morgan fingerprint density at radius 3 is 2.91 bits per heavy atom. The second-order valence-electron chi connectivity index (χ2n) is 3.00. The Kier molecular flexibility index (Phi) is 2.47. The van der Waals surface area contributed by atoms with Gasteiger partial charge in [-0.2, -0.15) is 5.10 Å². The van der Waals surface area contributed by atoms with Crippen LogP contribution >= 0.6 is 0 Å². The molecule has 1 rings (SSSR count). The van der Waals surface area contributed by atoms with Gasteiger partial charge in [-0.05, 0) is 6.92 Å². The summed E-state index contributed by atoms with van der Waals surface area (Å²) >= 11 is 0. The summed E-state index contributed by atoms with van der Waals surface area (Å²) in [5.41, 5.74) is 4.08. The lowest BCUT2D eigenvalue weighted by molar-refractivity contribution is 0.593. The van der Waals surface area contributed by atoms with Gasteiger partial charge in [0.05, 0.1) is 6.04 Å². The molecule has 60 valence electrons. The molecule has 1 heterocycles. The Labute approximate surface area is 67.7 Å². The average Bonchev–Trinajstić information content (AvgIpc) is 2.31. The predicted octanol–water partition coefficient (Wildman–Crippen LogP) is 1.71. The Bertz CT molecular complexity index is 204. The van der Waals surface area contributed by atoms with Crippen LogP contribution in [0.2, 0.25) is 0 Å². The number of hydrogen-bond donors (Lipinski definition) is 1. The van der Waals surface area contributed by atoms with Crippen molar-refractivity contribution in [3.05, 3.63) is 24.3 Å². The minimum atomic E-state index is 0.353. The molecule has 0 amide bonds. The van der Waals surface area contributed by atoms with Crippen molar-refractivity contribution in [1.29, 1.82) is 0 Å². The molecular formula is C9H14N2. The van der Waals surface area contributed by atoms with Gasteiger partial charge in [0.15, 0.2) is 0 Å². The van der Waals surface area contributed by atoms with E-state index in [2.05, 4.69) is 30.1 Å². The van der Waals surface area contributed by atoms with E-state index in [9.17, 15) is 0 Å². The Hall–Kier alpha value is -1.05. The first-order valence-electron chi connectivity index (χ1n) is 3.82. The number of nitrogens with one attached hydrogen (secondary N) is 1. The van der Waals surface area contributed by atoms with Gasteiger partial charge < -0.3 is 5.43 Å². The fourth-order valence-corrected chi connectivity index (χ4v) is 0.943. The van der Waals surface area contributed by atoms with Crippen molar-refractivity contribution in [3.8, 4) is 0 Å². The first-order chi connectivity index (χ1) is 5.20. The number of nitrogens with zero attached hydrogens (tertiary/aromatic N) is 1.